The van der Waals surface area contributed by atoms with Crippen LogP contribution in [0, 0.1) is 0 Å². The Morgan fingerprint density at radius 3 is 1.52 bits per heavy atom. The average molecular weight is 319 g/mol. The molecule has 0 aromatic rings. The molecule has 0 spiro atoms. The highest BCUT2D eigenvalue weighted by atomic mass is 28.4. The van der Waals surface area contributed by atoms with Crippen LogP contribution in [0.2, 0.25) is 6.04 Å². The van der Waals surface area contributed by atoms with Crippen molar-refractivity contribution in [3.63, 3.8) is 0 Å². The maximum Gasteiger partial charge on any atom is 0.501 e. The van der Waals surface area contributed by atoms with Crippen molar-refractivity contribution in [3.05, 3.63) is 0 Å². The van der Waals surface area contributed by atoms with Crippen LogP contribution in [0.3, 0.4) is 0 Å². The third kappa shape index (κ3) is 11.3. The lowest BCUT2D eigenvalue weighted by molar-refractivity contribution is 0.0323. The largest absolute Gasteiger partial charge is 0.501 e. The van der Waals surface area contributed by atoms with Crippen molar-refractivity contribution >= 4 is 8.80 Å². The van der Waals surface area contributed by atoms with Crippen LogP contribution in [0.1, 0.15) is 86.0 Å². The Hall–Kier alpha value is 0.0969. The molecular weight excluding hydrogens is 280 g/mol. The summed E-state index contributed by atoms with van der Waals surface area (Å²) in [5.74, 6) is 0. The van der Waals surface area contributed by atoms with Crippen LogP contribution in [0.15, 0.2) is 0 Å². The molecule has 0 N–H and O–H groups in total. The molecule has 0 unspecified atom stereocenters. The lowest BCUT2D eigenvalue weighted by Crippen LogP contribution is -2.48. The van der Waals surface area contributed by atoms with Crippen LogP contribution in [-0.4, -0.2) is 28.1 Å². The molecule has 3 nitrogen and oxygen atoms in total. The number of unbranched alkanes of at least 4 members (excludes halogenated alkanes) is 7. The first-order valence-corrected chi connectivity index (χ1v) is 10.8. The quantitative estimate of drug-likeness (QED) is 0.310. The maximum absolute atomic E-state index is 6.05. The lowest BCUT2D eigenvalue weighted by Gasteiger charge is -2.31. The summed E-state index contributed by atoms with van der Waals surface area (Å²) in [4.78, 5) is 0. The first kappa shape index (κ1) is 21.1. The molecule has 0 aliphatic rings. The molecule has 0 rings (SSSR count). The standard InChI is InChI=1S/C17H38O3Si/c1-7-8-9-10-11-12-13-14-15-21(18-6,19-16(2)3)20-17(4)5/h16-17H,7-15H2,1-6H3. The van der Waals surface area contributed by atoms with E-state index < -0.39 is 8.80 Å². The second-order valence-corrected chi connectivity index (χ2v) is 9.19. The molecule has 0 saturated heterocycles. The zero-order valence-electron chi connectivity index (χ0n) is 15.2. The maximum atomic E-state index is 6.05. The minimum absolute atomic E-state index is 0.157. The van der Waals surface area contributed by atoms with E-state index in [-0.39, 0.29) is 12.2 Å². The zero-order valence-corrected chi connectivity index (χ0v) is 16.2. The summed E-state index contributed by atoms with van der Waals surface area (Å²) in [5.41, 5.74) is 0. The molecule has 0 aromatic carbocycles. The lowest BCUT2D eigenvalue weighted by atomic mass is 10.1. The summed E-state index contributed by atoms with van der Waals surface area (Å²) in [6.07, 6.45) is 10.9. The van der Waals surface area contributed by atoms with Crippen molar-refractivity contribution in [1.29, 1.82) is 0 Å². The summed E-state index contributed by atoms with van der Waals surface area (Å²) >= 11 is 0. The van der Waals surface area contributed by atoms with Crippen molar-refractivity contribution in [3.8, 4) is 0 Å². The second-order valence-electron chi connectivity index (χ2n) is 6.45. The van der Waals surface area contributed by atoms with Gasteiger partial charge in [-0.05, 0) is 34.1 Å². The molecule has 0 aliphatic heterocycles. The normalized spacial score (nSPS) is 12.6. The van der Waals surface area contributed by atoms with Gasteiger partial charge in [-0.3, -0.25) is 0 Å². The van der Waals surface area contributed by atoms with E-state index in [2.05, 4.69) is 34.6 Å². The van der Waals surface area contributed by atoms with E-state index in [4.69, 9.17) is 13.3 Å². The molecule has 21 heavy (non-hydrogen) atoms. The highest BCUT2D eigenvalue weighted by Crippen LogP contribution is 2.23. The summed E-state index contributed by atoms with van der Waals surface area (Å²) in [6, 6.07) is 0.939. The van der Waals surface area contributed by atoms with Gasteiger partial charge in [0.2, 0.25) is 0 Å². The first-order valence-electron chi connectivity index (χ1n) is 8.86. The third-order valence-electron chi connectivity index (χ3n) is 3.48. The van der Waals surface area contributed by atoms with Crippen LogP contribution < -0.4 is 0 Å². The molecule has 0 amide bonds. The zero-order chi connectivity index (χ0) is 16.1. The van der Waals surface area contributed by atoms with Crippen LogP contribution >= 0.6 is 0 Å². The first-order chi connectivity index (χ1) is 9.95. The van der Waals surface area contributed by atoms with Gasteiger partial charge in [-0.25, -0.2) is 0 Å². The van der Waals surface area contributed by atoms with E-state index >= 15 is 0 Å². The van der Waals surface area contributed by atoms with Crippen molar-refractivity contribution in [2.24, 2.45) is 0 Å². The Balaban J connectivity index is 4.00. The monoisotopic (exact) mass is 318 g/mol. The summed E-state index contributed by atoms with van der Waals surface area (Å²) in [5, 5.41) is 0. The summed E-state index contributed by atoms with van der Waals surface area (Å²) in [7, 11) is -0.739. The van der Waals surface area contributed by atoms with Gasteiger partial charge in [-0.15, -0.1) is 0 Å². The number of hydrogen-bond donors (Lipinski definition) is 0. The molecule has 0 atom stereocenters. The van der Waals surface area contributed by atoms with Gasteiger partial charge in [0.25, 0.3) is 0 Å². The van der Waals surface area contributed by atoms with Gasteiger partial charge in [0.15, 0.2) is 0 Å². The van der Waals surface area contributed by atoms with E-state index in [0.29, 0.717) is 0 Å². The SMILES string of the molecule is CCCCCCCCCC[Si](OC)(OC(C)C)OC(C)C. The fourth-order valence-corrected chi connectivity index (χ4v) is 5.34. The minimum atomic E-state index is -2.48. The summed E-state index contributed by atoms with van der Waals surface area (Å²) in [6.45, 7) is 10.5. The minimum Gasteiger partial charge on any atom is -0.377 e. The molecule has 0 bridgehead atoms. The Morgan fingerprint density at radius 1 is 0.714 bits per heavy atom. The van der Waals surface area contributed by atoms with E-state index in [0.717, 1.165) is 12.5 Å². The van der Waals surface area contributed by atoms with Crippen LogP contribution in [0.5, 0.6) is 0 Å². The van der Waals surface area contributed by atoms with Crippen molar-refractivity contribution < 1.29 is 13.3 Å². The smallest absolute Gasteiger partial charge is 0.377 e. The van der Waals surface area contributed by atoms with E-state index in [9.17, 15) is 0 Å². The highest BCUT2D eigenvalue weighted by molar-refractivity contribution is 6.60. The predicted octanol–water partition coefficient (Wildman–Crippen LogP) is 5.56. The average Bonchev–Trinajstić information content (AvgIpc) is 2.40. The predicted molar refractivity (Wildman–Crippen MR) is 92.6 cm³/mol. The van der Waals surface area contributed by atoms with Gasteiger partial charge in [-0.2, -0.15) is 0 Å². The molecule has 0 saturated carbocycles. The van der Waals surface area contributed by atoms with Gasteiger partial charge in [0.05, 0.1) is 0 Å². The van der Waals surface area contributed by atoms with Crippen LogP contribution in [-0.2, 0) is 13.3 Å². The fourth-order valence-electron chi connectivity index (χ4n) is 2.54. The van der Waals surface area contributed by atoms with Crippen LogP contribution in [0.4, 0.5) is 0 Å². The molecule has 0 heterocycles. The Labute approximate surface area is 134 Å². The molecule has 0 aliphatic carbocycles. The van der Waals surface area contributed by atoms with Gasteiger partial charge in [0, 0.05) is 25.4 Å². The number of hydrogen-bond acceptors (Lipinski definition) is 3. The summed E-state index contributed by atoms with van der Waals surface area (Å²) < 4.78 is 17.8. The Morgan fingerprint density at radius 2 is 1.14 bits per heavy atom. The van der Waals surface area contributed by atoms with Gasteiger partial charge in [0.1, 0.15) is 0 Å². The van der Waals surface area contributed by atoms with E-state index in [1.54, 1.807) is 7.11 Å². The van der Waals surface area contributed by atoms with E-state index in [1.807, 2.05) is 0 Å². The molecule has 128 valence electrons. The fraction of sp³-hybridized carbons (Fsp3) is 1.00. The van der Waals surface area contributed by atoms with Crippen molar-refractivity contribution in [1.82, 2.24) is 0 Å². The van der Waals surface area contributed by atoms with Crippen molar-refractivity contribution in [2.45, 2.75) is 104 Å². The molecule has 0 aromatic heterocycles. The van der Waals surface area contributed by atoms with Gasteiger partial charge in [-0.1, -0.05) is 51.9 Å². The molecule has 0 fully saturated rings. The molecular formula is C17H38O3Si. The topological polar surface area (TPSA) is 27.7 Å². The van der Waals surface area contributed by atoms with Gasteiger partial charge < -0.3 is 13.3 Å². The van der Waals surface area contributed by atoms with Crippen LogP contribution in [0.25, 0.3) is 0 Å². The van der Waals surface area contributed by atoms with Gasteiger partial charge >= 0.3 is 8.80 Å². The Bertz CT molecular complexity index is 222. The Kier molecular flexibility index (Phi) is 12.7. The van der Waals surface area contributed by atoms with Crippen molar-refractivity contribution in [2.75, 3.05) is 7.11 Å². The second kappa shape index (κ2) is 12.6. The van der Waals surface area contributed by atoms with E-state index in [1.165, 1.54) is 44.9 Å². The molecule has 0 radical (unpaired) electrons. The molecule has 4 heteroatoms. The number of rotatable bonds is 14. The third-order valence-corrected chi connectivity index (χ3v) is 6.73. The highest BCUT2D eigenvalue weighted by Gasteiger charge is 2.41.